The molecule has 0 N–H and O–H groups in total. The van der Waals surface area contributed by atoms with E-state index in [4.69, 9.17) is 11.6 Å². The minimum Gasteiger partial charge on any atom is -0.126 e. The first-order chi connectivity index (χ1) is 6.86. The van der Waals surface area contributed by atoms with Crippen molar-refractivity contribution in [2.45, 2.75) is 18.2 Å². The van der Waals surface area contributed by atoms with Crippen LogP contribution in [-0.4, -0.2) is 11.6 Å². The van der Waals surface area contributed by atoms with Gasteiger partial charge in [0.2, 0.25) is 0 Å². The van der Waals surface area contributed by atoms with Gasteiger partial charge in [-0.15, -0.1) is 23.4 Å². The van der Waals surface area contributed by atoms with Crippen molar-refractivity contribution in [3.63, 3.8) is 0 Å². The Labute approximate surface area is 95.4 Å². The number of thioether (sulfide) groups is 1. The largest absolute Gasteiger partial charge is 0.126 e. The third kappa shape index (κ3) is 4.21. The van der Waals surface area contributed by atoms with Crippen LogP contribution in [-0.2, 0) is 0 Å². The van der Waals surface area contributed by atoms with Gasteiger partial charge in [0.25, 0.3) is 0 Å². The molecule has 0 aliphatic carbocycles. The Morgan fingerprint density at radius 2 is 2.29 bits per heavy atom. The molecule has 0 aliphatic rings. The highest BCUT2D eigenvalue weighted by Crippen LogP contribution is 2.19. The van der Waals surface area contributed by atoms with Crippen LogP contribution in [0.15, 0.2) is 35.2 Å². The highest BCUT2D eigenvalue weighted by atomic mass is 35.5. The van der Waals surface area contributed by atoms with Crippen LogP contribution in [0, 0.1) is 0 Å². The molecule has 0 aliphatic heterocycles. The molecule has 1 aromatic carbocycles. The smallest absolute Gasteiger partial charge is 0.0258 e. The highest BCUT2D eigenvalue weighted by Gasteiger charge is 1.91. The van der Waals surface area contributed by atoms with Crippen LogP contribution in [0.25, 0.3) is 6.08 Å². The zero-order valence-corrected chi connectivity index (χ0v) is 9.94. The second kappa shape index (κ2) is 6.97. The van der Waals surface area contributed by atoms with Crippen LogP contribution < -0.4 is 0 Å². The summed E-state index contributed by atoms with van der Waals surface area (Å²) in [6.07, 6.45) is 5.18. The van der Waals surface area contributed by atoms with Crippen molar-refractivity contribution < 1.29 is 0 Å². The fraction of sp³-hybridized carbons (Fsp3) is 0.333. The normalized spacial score (nSPS) is 11.0. The molecule has 0 unspecified atom stereocenters. The molecule has 1 aromatic rings. The maximum absolute atomic E-state index is 5.59. The Kier molecular flexibility index (Phi) is 5.81. The van der Waals surface area contributed by atoms with Crippen LogP contribution in [0.1, 0.15) is 18.9 Å². The maximum atomic E-state index is 5.59. The van der Waals surface area contributed by atoms with Crippen molar-refractivity contribution in [3.8, 4) is 0 Å². The van der Waals surface area contributed by atoms with Gasteiger partial charge in [0.05, 0.1) is 0 Å². The van der Waals surface area contributed by atoms with Gasteiger partial charge in [-0.05, 0) is 29.9 Å². The monoisotopic (exact) mass is 226 g/mol. The molecule has 0 saturated heterocycles. The first-order valence-corrected chi connectivity index (χ1v) is 6.34. The van der Waals surface area contributed by atoms with Crippen LogP contribution in [0.5, 0.6) is 0 Å². The summed E-state index contributed by atoms with van der Waals surface area (Å²) >= 11 is 7.46. The van der Waals surface area contributed by atoms with E-state index in [1.807, 2.05) is 11.8 Å². The number of rotatable bonds is 5. The summed E-state index contributed by atoms with van der Waals surface area (Å²) < 4.78 is 0. The van der Waals surface area contributed by atoms with Crippen molar-refractivity contribution >= 4 is 29.4 Å². The standard InChI is InChI=1S/C12H15ClS/c1-2-14-12-8-5-7-11(10-12)6-3-4-9-13/h3,5-8,10H,2,4,9H2,1H3. The molecule has 0 bridgehead atoms. The van der Waals surface area contributed by atoms with Crippen molar-refractivity contribution in [2.75, 3.05) is 11.6 Å². The van der Waals surface area contributed by atoms with Gasteiger partial charge in [0.15, 0.2) is 0 Å². The molecule has 0 fully saturated rings. The average molecular weight is 227 g/mol. The van der Waals surface area contributed by atoms with E-state index in [9.17, 15) is 0 Å². The summed E-state index contributed by atoms with van der Waals surface area (Å²) in [4.78, 5) is 1.33. The van der Waals surface area contributed by atoms with Crippen molar-refractivity contribution in [1.29, 1.82) is 0 Å². The van der Waals surface area contributed by atoms with Gasteiger partial charge in [0.1, 0.15) is 0 Å². The SMILES string of the molecule is CCSc1cccc(C=CCCCl)c1. The van der Waals surface area contributed by atoms with E-state index in [1.54, 1.807) is 0 Å². The Balaban J connectivity index is 2.63. The molecule has 0 nitrogen and oxygen atoms in total. The van der Waals surface area contributed by atoms with E-state index in [1.165, 1.54) is 10.5 Å². The van der Waals surface area contributed by atoms with Crippen molar-refractivity contribution in [1.82, 2.24) is 0 Å². The number of hydrogen-bond donors (Lipinski definition) is 0. The molecule has 0 heterocycles. The second-order valence-electron chi connectivity index (χ2n) is 2.89. The Bertz CT molecular complexity index is 294. The lowest BCUT2D eigenvalue weighted by molar-refractivity contribution is 1.24. The van der Waals surface area contributed by atoms with Gasteiger partial charge in [-0.25, -0.2) is 0 Å². The van der Waals surface area contributed by atoms with Crippen LogP contribution >= 0.6 is 23.4 Å². The fourth-order valence-corrected chi connectivity index (χ4v) is 2.01. The summed E-state index contributed by atoms with van der Waals surface area (Å²) in [6, 6.07) is 8.56. The zero-order chi connectivity index (χ0) is 10.2. The van der Waals surface area contributed by atoms with E-state index in [0.717, 1.165) is 12.2 Å². The average Bonchev–Trinajstić information content (AvgIpc) is 2.19. The first kappa shape index (κ1) is 11.7. The minimum atomic E-state index is 0.694. The Hall–Kier alpha value is -0.400. The molecule has 14 heavy (non-hydrogen) atoms. The topological polar surface area (TPSA) is 0 Å². The van der Waals surface area contributed by atoms with Crippen LogP contribution in [0.3, 0.4) is 0 Å². The Morgan fingerprint density at radius 3 is 3.00 bits per heavy atom. The van der Waals surface area contributed by atoms with E-state index in [0.29, 0.717) is 5.88 Å². The summed E-state index contributed by atoms with van der Waals surface area (Å²) in [5.41, 5.74) is 1.26. The summed E-state index contributed by atoms with van der Waals surface area (Å²) in [7, 11) is 0. The molecule has 2 heteroatoms. The molecular weight excluding hydrogens is 212 g/mol. The fourth-order valence-electron chi connectivity index (χ4n) is 1.16. The van der Waals surface area contributed by atoms with E-state index in [2.05, 4.69) is 43.3 Å². The minimum absolute atomic E-state index is 0.694. The third-order valence-electron chi connectivity index (χ3n) is 1.76. The van der Waals surface area contributed by atoms with Crippen LogP contribution in [0.4, 0.5) is 0 Å². The van der Waals surface area contributed by atoms with E-state index < -0.39 is 0 Å². The molecule has 0 atom stereocenters. The lowest BCUT2D eigenvalue weighted by Crippen LogP contribution is -1.76. The zero-order valence-electron chi connectivity index (χ0n) is 8.37. The van der Waals surface area contributed by atoms with Gasteiger partial charge < -0.3 is 0 Å². The van der Waals surface area contributed by atoms with Gasteiger partial charge in [-0.2, -0.15) is 0 Å². The molecule has 76 valence electrons. The number of halogens is 1. The van der Waals surface area contributed by atoms with Gasteiger partial charge >= 0.3 is 0 Å². The summed E-state index contributed by atoms with van der Waals surface area (Å²) in [6.45, 7) is 2.17. The molecule has 0 saturated carbocycles. The van der Waals surface area contributed by atoms with Crippen LogP contribution in [0.2, 0.25) is 0 Å². The van der Waals surface area contributed by atoms with Gasteiger partial charge in [0, 0.05) is 10.8 Å². The molecular formula is C12H15ClS. The van der Waals surface area contributed by atoms with Crippen molar-refractivity contribution in [2.24, 2.45) is 0 Å². The van der Waals surface area contributed by atoms with Gasteiger partial charge in [-0.1, -0.05) is 31.2 Å². The number of benzene rings is 1. The molecule has 0 amide bonds. The predicted molar refractivity (Wildman–Crippen MR) is 67.2 cm³/mol. The van der Waals surface area contributed by atoms with E-state index in [-0.39, 0.29) is 0 Å². The lowest BCUT2D eigenvalue weighted by Gasteiger charge is -1.99. The quantitative estimate of drug-likeness (QED) is 0.528. The molecule has 1 rings (SSSR count). The molecule has 0 radical (unpaired) electrons. The first-order valence-electron chi connectivity index (χ1n) is 4.82. The predicted octanol–water partition coefficient (Wildman–Crippen LogP) is 4.44. The second-order valence-corrected chi connectivity index (χ2v) is 4.60. The molecule has 0 aromatic heterocycles. The Morgan fingerprint density at radius 1 is 1.43 bits per heavy atom. The number of hydrogen-bond acceptors (Lipinski definition) is 1. The lowest BCUT2D eigenvalue weighted by atomic mass is 10.2. The number of allylic oxidation sites excluding steroid dienone is 1. The van der Waals surface area contributed by atoms with E-state index >= 15 is 0 Å². The summed E-state index contributed by atoms with van der Waals surface area (Å²) in [5.74, 6) is 1.81. The van der Waals surface area contributed by atoms with Crippen molar-refractivity contribution in [3.05, 3.63) is 35.9 Å². The van der Waals surface area contributed by atoms with Gasteiger partial charge in [-0.3, -0.25) is 0 Å². The molecule has 0 spiro atoms. The highest BCUT2D eigenvalue weighted by molar-refractivity contribution is 7.99. The maximum Gasteiger partial charge on any atom is 0.0258 e. The summed E-state index contributed by atoms with van der Waals surface area (Å²) in [5, 5.41) is 0. The number of alkyl halides is 1. The third-order valence-corrected chi connectivity index (χ3v) is 2.85.